The van der Waals surface area contributed by atoms with Gasteiger partial charge in [0, 0.05) is 24.0 Å². The summed E-state index contributed by atoms with van der Waals surface area (Å²) in [4.78, 5) is 0. The van der Waals surface area contributed by atoms with Crippen LogP contribution in [-0.2, 0) is 12.8 Å². The third-order valence-corrected chi connectivity index (χ3v) is 7.83. The maximum absolute atomic E-state index is 4.50. The zero-order valence-corrected chi connectivity index (χ0v) is 20.1. The van der Waals surface area contributed by atoms with Crippen molar-refractivity contribution in [3.8, 4) is 21.1 Å². The molecule has 2 heterocycles. The SMILES string of the molecule is CCCCc1nnc(-c2ccc3c(ccc4c(-c5nnc(CCCC)s5)cccc43)c2)s1. The zero-order valence-electron chi connectivity index (χ0n) is 18.5. The van der Waals surface area contributed by atoms with Crippen molar-refractivity contribution < 1.29 is 0 Å². The molecule has 0 aliphatic rings. The first-order chi connectivity index (χ1) is 15.8. The van der Waals surface area contributed by atoms with Crippen LogP contribution in [0.15, 0.2) is 48.5 Å². The Morgan fingerprint density at radius 3 is 2.09 bits per heavy atom. The topological polar surface area (TPSA) is 51.6 Å². The second-order valence-corrected chi connectivity index (χ2v) is 10.2. The Balaban J connectivity index is 1.52. The Hall–Kier alpha value is -2.70. The van der Waals surface area contributed by atoms with Gasteiger partial charge in [-0.15, -0.1) is 20.4 Å². The molecule has 0 amide bonds. The molecule has 0 fully saturated rings. The Kier molecular flexibility index (Phi) is 6.23. The van der Waals surface area contributed by atoms with Crippen LogP contribution >= 0.6 is 22.7 Å². The molecule has 5 aromatic rings. The average molecular weight is 459 g/mol. The molecular formula is C26H26N4S2. The van der Waals surface area contributed by atoms with Crippen LogP contribution in [0.2, 0.25) is 0 Å². The van der Waals surface area contributed by atoms with E-state index >= 15 is 0 Å². The summed E-state index contributed by atoms with van der Waals surface area (Å²) in [6, 6.07) is 17.5. The lowest BCUT2D eigenvalue weighted by Crippen LogP contribution is -1.84. The molecule has 0 saturated heterocycles. The van der Waals surface area contributed by atoms with E-state index in [1.54, 1.807) is 22.7 Å². The van der Waals surface area contributed by atoms with Crippen molar-refractivity contribution in [2.75, 3.05) is 0 Å². The number of hydrogen-bond acceptors (Lipinski definition) is 6. The highest BCUT2D eigenvalue weighted by molar-refractivity contribution is 7.15. The predicted octanol–water partition coefficient (Wildman–Crippen LogP) is 7.72. The molecule has 2 aromatic heterocycles. The molecule has 32 heavy (non-hydrogen) atoms. The summed E-state index contributed by atoms with van der Waals surface area (Å²) in [6.45, 7) is 4.41. The fourth-order valence-electron chi connectivity index (χ4n) is 4.01. The Morgan fingerprint density at radius 1 is 0.656 bits per heavy atom. The summed E-state index contributed by atoms with van der Waals surface area (Å²) in [5, 5.41) is 26.9. The summed E-state index contributed by atoms with van der Waals surface area (Å²) in [5.41, 5.74) is 2.30. The maximum atomic E-state index is 4.50. The van der Waals surface area contributed by atoms with Crippen molar-refractivity contribution in [1.82, 2.24) is 20.4 Å². The van der Waals surface area contributed by atoms with Crippen molar-refractivity contribution in [2.45, 2.75) is 52.4 Å². The Labute approximate surface area is 196 Å². The first-order valence-corrected chi connectivity index (χ1v) is 13.0. The van der Waals surface area contributed by atoms with Gasteiger partial charge in [-0.3, -0.25) is 0 Å². The van der Waals surface area contributed by atoms with E-state index < -0.39 is 0 Å². The fourth-order valence-corrected chi connectivity index (χ4v) is 5.81. The highest BCUT2D eigenvalue weighted by atomic mass is 32.1. The van der Waals surface area contributed by atoms with Gasteiger partial charge in [0.1, 0.15) is 20.0 Å². The molecule has 162 valence electrons. The number of aryl methyl sites for hydroxylation is 2. The fraction of sp³-hybridized carbons (Fsp3) is 0.308. The number of benzene rings is 3. The summed E-state index contributed by atoms with van der Waals surface area (Å²) in [5.74, 6) is 0. The molecule has 0 N–H and O–H groups in total. The zero-order chi connectivity index (χ0) is 21.9. The number of rotatable bonds is 8. The van der Waals surface area contributed by atoms with E-state index in [4.69, 9.17) is 0 Å². The van der Waals surface area contributed by atoms with Gasteiger partial charge in [-0.1, -0.05) is 91.8 Å². The molecule has 5 rings (SSSR count). The molecular weight excluding hydrogens is 432 g/mol. The molecule has 0 saturated carbocycles. The first kappa shape index (κ1) is 21.2. The van der Waals surface area contributed by atoms with E-state index in [2.05, 4.69) is 82.8 Å². The van der Waals surface area contributed by atoms with Gasteiger partial charge in [0.05, 0.1) is 0 Å². The van der Waals surface area contributed by atoms with Crippen LogP contribution < -0.4 is 0 Å². The minimum absolute atomic E-state index is 1.00. The van der Waals surface area contributed by atoms with Crippen molar-refractivity contribution in [2.24, 2.45) is 0 Å². The normalized spacial score (nSPS) is 11.6. The third kappa shape index (κ3) is 4.17. The van der Waals surface area contributed by atoms with E-state index in [9.17, 15) is 0 Å². The summed E-state index contributed by atoms with van der Waals surface area (Å²) in [6.07, 6.45) is 6.70. The molecule has 0 aliphatic heterocycles. The molecule has 0 radical (unpaired) electrons. The quantitative estimate of drug-likeness (QED) is 0.223. The number of unbranched alkanes of at least 4 members (excludes halogenated alkanes) is 2. The van der Waals surface area contributed by atoms with Gasteiger partial charge in [0.2, 0.25) is 0 Å². The number of aromatic nitrogens is 4. The number of hydrogen-bond donors (Lipinski definition) is 0. The van der Waals surface area contributed by atoms with Crippen molar-refractivity contribution in [3.05, 3.63) is 58.5 Å². The Bertz CT molecular complexity index is 1370. The molecule has 0 bridgehead atoms. The predicted molar refractivity (Wildman–Crippen MR) is 136 cm³/mol. The van der Waals surface area contributed by atoms with Crippen LogP contribution in [-0.4, -0.2) is 20.4 Å². The van der Waals surface area contributed by atoms with Crippen LogP contribution in [0.4, 0.5) is 0 Å². The van der Waals surface area contributed by atoms with Gasteiger partial charge < -0.3 is 0 Å². The first-order valence-electron chi connectivity index (χ1n) is 11.4. The summed E-state index contributed by atoms with van der Waals surface area (Å²) in [7, 11) is 0. The average Bonchev–Trinajstić information content (AvgIpc) is 3.50. The minimum Gasteiger partial charge on any atom is -0.143 e. The van der Waals surface area contributed by atoms with E-state index in [1.807, 2.05) is 0 Å². The van der Waals surface area contributed by atoms with E-state index in [1.165, 1.54) is 39.9 Å². The van der Waals surface area contributed by atoms with Crippen LogP contribution in [0.5, 0.6) is 0 Å². The minimum atomic E-state index is 1.00. The number of nitrogens with zero attached hydrogens (tertiary/aromatic N) is 4. The van der Waals surface area contributed by atoms with Crippen molar-refractivity contribution in [3.63, 3.8) is 0 Å². The highest BCUT2D eigenvalue weighted by Gasteiger charge is 2.13. The van der Waals surface area contributed by atoms with Gasteiger partial charge >= 0.3 is 0 Å². The summed E-state index contributed by atoms with van der Waals surface area (Å²) >= 11 is 3.43. The maximum Gasteiger partial charge on any atom is 0.148 e. The van der Waals surface area contributed by atoms with Crippen LogP contribution in [0, 0.1) is 0 Å². The highest BCUT2D eigenvalue weighted by Crippen LogP contribution is 2.36. The monoisotopic (exact) mass is 458 g/mol. The molecule has 3 aromatic carbocycles. The van der Waals surface area contributed by atoms with Gasteiger partial charge in [-0.25, -0.2) is 0 Å². The lowest BCUT2D eigenvalue weighted by Gasteiger charge is -2.08. The van der Waals surface area contributed by atoms with E-state index in [0.717, 1.165) is 51.3 Å². The molecule has 0 unspecified atom stereocenters. The lowest BCUT2D eigenvalue weighted by molar-refractivity contribution is 0.780. The molecule has 0 atom stereocenters. The standard InChI is InChI=1S/C26H26N4S2/c1-3-5-10-23-27-29-25(31-23)18-13-14-19-17(16-18)12-15-21-20(19)8-7-9-22(21)26-30-28-24(32-26)11-6-4-2/h7-9,12-16H,3-6,10-11H2,1-2H3. The van der Waals surface area contributed by atoms with E-state index in [-0.39, 0.29) is 0 Å². The van der Waals surface area contributed by atoms with Gasteiger partial charge in [-0.05, 0) is 40.5 Å². The smallest absolute Gasteiger partial charge is 0.143 e. The molecule has 6 heteroatoms. The van der Waals surface area contributed by atoms with Crippen molar-refractivity contribution in [1.29, 1.82) is 0 Å². The number of fused-ring (bicyclic) bond motifs is 3. The Morgan fingerprint density at radius 2 is 1.34 bits per heavy atom. The van der Waals surface area contributed by atoms with Crippen LogP contribution in [0.25, 0.3) is 42.7 Å². The molecule has 0 aliphatic carbocycles. The van der Waals surface area contributed by atoms with Crippen molar-refractivity contribution >= 4 is 44.2 Å². The van der Waals surface area contributed by atoms with Gasteiger partial charge in [-0.2, -0.15) is 0 Å². The second-order valence-electron chi connectivity index (χ2n) is 8.11. The second kappa shape index (κ2) is 9.43. The third-order valence-electron chi connectivity index (χ3n) is 5.78. The lowest BCUT2D eigenvalue weighted by atomic mass is 9.97. The molecule has 0 spiro atoms. The van der Waals surface area contributed by atoms with Gasteiger partial charge in [0.15, 0.2) is 0 Å². The van der Waals surface area contributed by atoms with Crippen LogP contribution in [0.3, 0.4) is 0 Å². The largest absolute Gasteiger partial charge is 0.148 e. The van der Waals surface area contributed by atoms with E-state index in [0.29, 0.717) is 0 Å². The molecule has 4 nitrogen and oxygen atoms in total. The van der Waals surface area contributed by atoms with Crippen LogP contribution in [0.1, 0.15) is 49.5 Å². The van der Waals surface area contributed by atoms with Gasteiger partial charge in [0.25, 0.3) is 0 Å². The summed E-state index contributed by atoms with van der Waals surface area (Å²) < 4.78 is 0.